The molecule has 1 aliphatic heterocycles. The van der Waals surface area contributed by atoms with E-state index in [2.05, 4.69) is 30.6 Å². The molecule has 2 amide bonds. The van der Waals surface area contributed by atoms with Gasteiger partial charge in [-0.05, 0) is 62.2 Å². The van der Waals surface area contributed by atoms with Crippen LogP contribution in [0, 0.1) is 0 Å². The number of nitrogens with zero attached hydrogens (tertiary/aromatic N) is 2. The van der Waals surface area contributed by atoms with Crippen molar-refractivity contribution in [3.63, 3.8) is 0 Å². The Morgan fingerprint density at radius 3 is 2.19 bits per heavy atom. The van der Waals surface area contributed by atoms with Crippen molar-refractivity contribution in [2.45, 2.75) is 27.2 Å². The number of benzene rings is 2. The van der Waals surface area contributed by atoms with E-state index in [-0.39, 0.29) is 24.1 Å². The molecule has 0 fully saturated rings. The van der Waals surface area contributed by atoms with Gasteiger partial charge in [0.2, 0.25) is 0 Å². The van der Waals surface area contributed by atoms with Crippen LogP contribution in [0.1, 0.15) is 32.8 Å². The minimum atomic E-state index is -0.357. The minimum absolute atomic E-state index is 0.158. The Labute approximate surface area is 190 Å². The highest BCUT2D eigenvalue weighted by Gasteiger charge is 2.38. The number of carbonyl (C=O) groups is 2. The maximum atomic E-state index is 13.1. The summed E-state index contributed by atoms with van der Waals surface area (Å²) in [7, 11) is 0. The molecule has 32 heavy (non-hydrogen) atoms. The highest BCUT2D eigenvalue weighted by Crippen LogP contribution is 2.32. The van der Waals surface area contributed by atoms with E-state index in [0.29, 0.717) is 17.7 Å². The lowest BCUT2D eigenvalue weighted by molar-refractivity contribution is -0.136. The topological polar surface area (TPSA) is 61.9 Å². The number of amides is 2. The molecule has 0 saturated heterocycles. The first-order valence-electron chi connectivity index (χ1n) is 11.1. The molecule has 1 aliphatic rings. The van der Waals surface area contributed by atoms with Crippen molar-refractivity contribution in [2.24, 2.45) is 0 Å². The standard InChI is InChI=1S/C26H31N3O3/c1-5-17-29-25(30)23(19-9-15-22(16-10-19)32-18-6-2)24(26(29)31)27-20-11-13-21(14-12-20)28(7-3)8-4/h5,9-16,27H,1,6-8,17-18H2,2-4H3. The maximum Gasteiger partial charge on any atom is 0.278 e. The van der Waals surface area contributed by atoms with Crippen LogP contribution in [-0.2, 0) is 9.59 Å². The predicted molar refractivity (Wildman–Crippen MR) is 130 cm³/mol. The average molecular weight is 434 g/mol. The van der Waals surface area contributed by atoms with Crippen LogP contribution in [0.5, 0.6) is 5.75 Å². The van der Waals surface area contributed by atoms with Crippen LogP contribution in [0.4, 0.5) is 11.4 Å². The minimum Gasteiger partial charge on any atom is -0.494 e. The molecule has 1 heterocycles. The molecule has 1 N–H and O–H groups in total. The second-order valence-electron chi connectivity index (χ2n) is 7.48. The van der Waals surface area contributed by atoms with E-state index in [1.54, 1.807) is 6.08 Å². The van der Waals surface area contributed by atoms with Gasteiger partial charge in [0.15, 0.2) is 0 Å². The van der Waals surface area contributed by atoms with Gasteiger partial charge in [0, 0.05) is 31.0 Å². The van der Waals surface area contributed by atoms with Crippen molar-refractivity contribution in [3.8, 4) is 5.75 Å². The lowest BCUT2D eigenvalue weighted by atomic mass is 10.0. The molecular formula is C26H31N3O3. The van der Waals surface area contributed by atoms with Crippen molar-refractivity contribution in [2.75, 3.05) is 36.5 Å². The molecule has 6 nitrogen and oxygen atoms in total. The van der Waals surface area contributed by atoms with Gasteiger partial charge in [-0.2, -0.15) is 0 Å². The summed E-state index contributed by atoms with van der Waals surface area (Å²) in [5, 5.41) is 3.19. The van der Waals surface area contributed by atoms with Gasteiger partial charge < -0.3 is 15.0 Å². The summed E-state index contributed by atoms with van der Waals surface area (Å²) in [5.74, 6) is 0.0424. The normalized spacial score (nSPS) is 13.5. The number of hydrogen-bond donors (Lipinski definition) is 1. The number of carbonyl (C=O) groups excluding carboxylic acids is 2. The van der Waals surface area contributed by atoms with E-state index in [9.17, 15) is 9.59 Å². The van der Waals surface area contributed by atoms with Gasteiger partial charge in [0.1, 0.15) is 11.4 Å². The lowest BCUT2D eigenvalue weighted by Gasteiger charge is -2.21. The fourth-order valence-electron chi connectivity index (χ4n) is 3.68. The molecule has 0 unspecified atom stereocenters. The third-order valence-corrected chi connectivity index (χ3v) is 5.36. The Kier molecular flexibility index (Phi) is 7.71. The fraction of sp³-hybridized carbons (Fsp3) is 0.308. The fourth-order valence-corrected chi connectivity index (χ4v) is 3.68. The number of rotatable bonds is 11. The summed E-state index contributed by atoms with van der Waals surface area (Å²) in [4.78, 5) is 29.6. The Morgan fingerprint density at radius 1 is 0.969 bits per heavy atom. The molecule has 0 spiro atoms. The second kappa shape index (κ2) is 10.7. The summed E-state index contributed by atoms with van der Waals surface area (Å²) in [5.41, 5.74) is 3.15. The van der Waals surface area contributed by atoms with E-state index in [4.69, 9.17) is 4.74 Å². The molecule has 3 rings (SSSR count). The third-order valence-electron chi connectivity index (χ3n) is 5.36. The smallest absolute Gasteiger partial charge is 0.278 e. The molecule has 0 bridgehead atoms. The van der Waals surface area contributed by atoms with Gasteiger partial charge in [-0.1, -0.05) is 25.1 Å². The van der Waals surface area contributed by atoms with E-state index < -0.39 is 0 Å². The Morgan fingerprint density at radius 2 is 1.62 bits per heavy atom. The summed E-state index contributed by atoms with van der Waals surface area (Å²) >= 11 is 0. The van der Waals surface area contributed by atoms with Crippen LogP contribution in [-0.4, -0.2) is 43.0 Å². The van der Waals surface area contributed by atoms with E-state index in [0.717, 1.165) is 36.6 Å². The zero-order chi connectivity index (χ0) is 23.1. The molecule has 0 aromatic heterocycles. The van der Waals surface area contributed by atoms with Crippen LogP contribution in [0.3, 0.4) is 0 Å². The zero-order valence-electron chi connectivity index (χ0n) is 19.1. The number of anilines is 2. The van der Waals surface area contributed by atoms with Crippen molar-refractivity contribution in [1.82, 2.24) is 4.90 Å². The molecule has 0 saturated carbocycles. The first-order chi connectivity index (χ1) is 15.5. The lowest BCUT2D eigenvalue weighted by Crippen LogP contribution is -2.32. The van der Waals surface area contributed by atoms with Gasteiger partial charge in [-0.25, -0.2) is 0 Å². The van der Waals surface area contributed by atoms with Crippen molar-refractivity contribution in [3.05, 3.63) is 72.4 Å². The van der Waals surface area contributed by atoms with Crippen molar-refractivity contribution < 1.29 is 14.3 Å². The second-order valence-corrected chi connectivity index (χ2v) is 7.48. The van der Waals surface area contributed by atoms with Crippen LogP contribution >= 0.6 is 0 Å². The van der Waals surface area contributed by atoms with Crippen molar-refractivity contribution in [1.29, 1.82) is 0 Å². The molecule has 2 aromatic rings. The van der Waals surface area contributed by atoms with Crippen LogP contribution in [0.15, 0.2) is 66.9 Å². The molecule has 6 heteroatoms. The SMILES string of the molecule is C=CCN1C(=O)C(Nc2ccc(N(CC)CC)cc2)=C(c2ccc(OCCC)cc2)C1=O. The van der Waals surface area contributed by atoms with E-state index >= 15 is 0 Å². The maximum absolute atomic E-state index is 13.1. The highest BCUT2D eigenvalue weighted by molar-refractivity contribution is 6.36. The van der Waals surface area contributed by atoms with E-state index in [1.807, 2.05) is 55.5 Å². The number of hydrogen-bond acceptors (Lipinski definition) is 5. The third kappa shape index (κ3) is 4.85. The number of imide groups is 1. The molecular weight excluding hydrogens is 402 g/mol. The van der Waals surface area contributed by atoms with Crippen LogP contribution in [0.25, 0.3) is 5.57 Å². The predicted octanol–water partition coefficient (Wildman–Crippen LogP) is 4.70. The van der Waals surface area contributed by atoms with E-state index in [1.165, 1.54) is 4.90 Å². The Hall–Kier alpha value is -3.54. The van der Waals surface area contributed by atoms with Gasteiger partial charge >= 0.3 is 0 Å². The number of nitrogens with one attached hydrogen (secondary N) is 1. The summed E-state index contributed by atoms with van der Waals surface area (Å²) in [6.07, 6.45) is 2.47. The molecule has 0 aliphatic carbocycles. The van der Waals surface area contributed by atoms with Gasteiger partial charge in [0.05, 0.1) is 12.2 Å². The molecule has 2 aromatic carbocycles. The quantitative estimate of drug-likeness (QED) is 0.411. The first kappa shape index (κ1) is 23.1. The average Bonchev–Trinajstić information content (AvgIpc) is 3.04. The number of ether oxygens (including phenoxy) is 1. The van der Waals surface area contributed by atoms with Gasteiger partial charge in [-0.15, -0.1) is 6.58 Å². The van der Waals surface area contributed by atoms with Gasteiger partial charge in [0.25, 0.3) is 11.8 Å². The highest BCUT2D eigenvalue weighted by atomic mass is 16.5. The van der Waals surface area contributed by atoms with Crippen LogP contribution in [0.2, 0.25) is 0 Å². The summed E-state index contributed by atoms with van der Waals surface area (Å²) < 4.78 is 5.64. The summed E-state index contributed by atoms with van der Waals surface area (Å²) in [6, 6.07) is 15.1. The van der Waals surface area contributed by atoms with Crippen molar-refractivity contribution >= 4 is 28.8 Å². The molecule has 168 valence electrons. The monoisotopic (exact) mass is 433 g/mol. The largest absolute Gasteiger partial charge is 0.494 e. The Balaban J connectivity index is 1.94. The molecule has 0 atom stereocenters. The van der Waals surface area contributed by atoms with Crippen LogP contribution < -0.4 is 15.0 Å². The Bertz CT molecular complexity index is 990. The first-order valence-corrected chi connectivity index (χ1v) is 11.1. The zero-order valence-corrected chi connectivity index (χ0v) is 19.1. The summed E-state index contributed by atoms with van der Waals surface area (Å²) in [6.45, 7) is 12.6. The van der Waals surface area contributed by atoms with Gasteiger partial charge in [-0.3, -0.25) is 14.5 Å². The molecule has 0 radical (unpaired) electrons.